The van der Waals surface area contributed by atoms with E-state index >= 15 is 0 Å². The lowest BCUT2D eigenvalue weighted by molar-refractivity contribution is -0.140. The lowest BCUT2D eigenvalue weighted by atomic mass is 9.99. The van der Waals surface area contributed by atoms with Gasteiger partial charge < -0.3 is 10.1 Å². The molecule has 0 atom stereocenters. The molecule has 0 unspecified atom stereocenters. The lowest BCUT2D eigenvalue weighted by Crippen LogP contribution is -2.19. The van der Waals surface area contributed by atoms with E-state index in [2.05, 4.69) is 10.1 Å². The van der Waals surface area contributed by atoms with Crippen molar-refractivity contribution in [3.63, 3.8) is 0 Å². The second-order valence-corrected chi connectivity index (χ2v) is 4.12. The molecule has 0 aliphatic carbocycles. The van der Waals surface area contributed by atoms with Crippen LogP contribution in [-0.2, 0) is 27.2 Å². The maximum absolute atomic E-state index is 11.3. The number of fused-ring (bicyclic) bond motifs is 1. The zero-order valence-electron chi connectivity index (χ0n) is 9.79. The van der Waals surface area contributed by atoms with E-state index in [1.807, 2.05) is 18.2 Å². The summed E-state index contributed by atoms with van der Waals surface area (Å²) in [6.45, 7) is 0. The average Bonchev–Trinajstić information content (AvgIpc) is 2.35. The molecule has 0 radical (unpaired) electrons. The van der Waals surface area contributed by atoms with Gasteiger partial charge in [-0.3, -0.25) is 9.59 Å². The van der Waals surface area contributed by atoms with Crippen LogP contribution in [0, 0.1) is 0 Å². The van der Waals surface area contributed by atoms with Gasteiger partial charge in [0.1, 0.15) is 0 Å². The highest BCUT2D eigenvalue weighted by atomic mass is 16.5. The van der Waals surface area contributed by atoms with Crippen LogP contribution in [0.5, 0.6) is 0 Å². The molecule has 1 N–H and O–H groups in total. The number of hydrogen-bond acceptors (Lipinski definition) is 3. The van der Waals surface area contributed by atoms with Crippen molar-refractivity contribution in [1.82, 2.24) is 0 Å². The van der Waals surface area contributed by atoms with Crippen LogP contribution in [-0.4, -0.2) is 19.0 Å². The molecule has 0 aromatic heterocycles. The van der Waals surface area contributed by atoms with Crippen molar-refractivity contribution in [2.45, 2.75) is 25.7 Å². The highest BCUT2D eigenvalue weighted by molar-refractivity contribution is 5.94. The molecule has 0 saturated heterocycles. The van der Waals surface area contributed by atoms with Gasteiger partial charge in [-0.05, 0) is 30.0 Å². The van der Waals surface area contributed by atoms with Gasteiger partial charge in [0.05, 0.1) is 7.11 Å². The van der Waals surface area contributed by atoms with Crippen LogP contribution in [0.2, 0.25) is 0 Å². The summed E-state index contributed by atoms with van der Waals surface area (Å²) in [7, 11) is 1.38. The zero-order valence-corrected chi connectivity index (χ0v) is 9.79. The number of amides is 1. The Kier molecular flexibility index (Phi) is 3.42. The SMILES string of the molecule is COC(=O)CCc1ccc2c(c1)NC(=O)CC2. The first-order chi connectivity index (χ1) is 8.19. The van der Waals surface area contributed by atoms with Crippen molar-refractivity contribution >= 4 is 17.6 Å². The Hall–Kier alpha value is -1.84. The standard InChI is InChI=1S/C13H15NO3/c1-17-13(16)7-3-9-2-4-10-5-6-12(15)14-11(10)8-9/h2,4,8H,3,5-7H2,1H3,(H,14,15). The second-order valence-electron chi connectivity index (χ2n) is 4.12. The number of anilines is 1. The Labute approximate surface area is 100.0 Å². The van der Waals surface area contributed by atoms with Crippen LogP contribution in [0.15, 0.2) is 18.2 Å². The van der Waals surface area contributed by atoms with Gasteiger partial charge in [-0.25, -0.2) is 0 Å². The van der Waals surface area contributed by atoms with Gasteiger partial charge in [-0.2, -0.15) is 0 Å². The first-order valence-corrected chi connectivity index (χ1v) is 5.67. The molecule has 1 heterocycles. The minimum Gasteiger partial charge on any atom is -0.469 e. The molecule has 1 aromatic rings. The van der Waals surface area contributed by atoms with Crippen LogP contribution in [0.25, 0.3) is 0 Å². The molecule has 17 heavy (non-hydrogen) atoms. The van der Waals surface area contributed by atoms with Gasteiger partial charge in [0, 0.05) is 18.5 Å². The van der Waals surface area contributed by atoms with E-state index in [1.165, 1.54) is 7.11 Å². The first-order valence-electron chi connectivity index (χ1n) is 5.67. The molecule has 2 rings (SSSR count). The number of carbonyl (C=O) groups excluding carboxylic acids is 2. The Morgan fingerprint density at radius 3 is 3.00 bits per heavy atom. The predicted octanol–water partition coefficient (Wildman–Crippen LogP) is 1.68. The van der Waals surface area contributed by atoms with Crippen LogP contribution in [0.1, 0.15) is 24.0 Å². The Morgan fingerprint density at radius 2 is 2.24 bits per heavy atom. The van der Waals surface area contributed by atoms with Crippen molar-refractivity contribution in [1.29, 1.82) is 0 Å². The summed E-state index contributed by atoms with van der Waals surface area (Å²) in [6.07, 6.45) is 2.34. The summed E-state index contributed by atoms with van der Waals surface area (Å²) in [5, 5.41) is 2.85. The fourth-order valence-electron chi connectivity index (χ4n) is 1.92. The van der Waals surface area contributed by atoms with Crippen molar-refractivity contribution < 1.29 is 14.3 Å². The molecule has 1 aliphatic rings. The number of rotatable bonds is 3. The third-order valence-electron chi connectivity index (χ3n) is 2.92. The second kappa shape index (κ2) is 4.99. The summed E-state index contributed by atoms with van der Waals surface area (Å²) in [4.78, 5) is 22.3. The number of aryl methyl sites for hydroxylation is 2. The number of benzene rings is 1. The fourth-order valence-corrected chi connectivity index (χ4v) is 1.92. The van der Waals surface area contributed by atoms with Gasteiger partial charge in [0.15, 0.2) is 0 Å². The number of nitrogens with one attached hydrogen (secondary N) is 1. The van der Waals surface area contributed by atoms with Gasteiger partial charge >= 0.3 is 5.97 Å². The van der Waals surface area contributed by atoms with Gasteiger partial charge in [-0.1, -0.05) is 12.1 Å². The number of hydrogen-bond donors (Lipinski definition) is 1. The molecule has 4 heteroatoms. The molecule has 4 nitrogen and oxygen atoms in total. The summed E-state index contributed by atoms with van der Waals surface area (Å²) in [5.74, 6) is -0.158. The predicted molar refractivity (Wildman–Crippen MR) is 63.7 cm³/mol. The van der Waals surface area contributed by atoms with Crippen LogP contribution < -0.4 is 5.32 Å². The molecule has 0 spiro atoms. The van der Waals surface area contributed by atoms with E-state index in [1.54, 1.807) is 0 Å². The highest BCUT2D eigenvalue weighted by Crippen LogP contribution is 2.24. The Balaban J connectivity index is 2.07. The van der Waals surface area contributed by atoms with E-state index in [0.717, 1.165) is 23.2 Å². The van der Waals surface area contributed by atoms with Crippen molar-refractivity contribution in [2.24, 2.45) is 0 Å². The summed E-state index contributed by atoms with van der Waals surface area (Å²) in [6, 6.07) is 5.95. The van der Waals surface area contributed by atoms with E-state index in [-0.39, 0.29) is 11.9 Å². The van der Waals surface area contributed by atoms with E-state index in [9.17, 15) is 9.59 Å². The van der Waals surface area contributed by atoms with Crippen molar-refractivity contribution in [3.8, 4) is 0 Å². The molecule has 0 fully saturated rings. The Bertz CT molecular complexity index is 454. The highest BCUT2D eigenvalue weighted by Gasteiger charge is 2.14. The smallest absolute Gasteiger partial charge is 0.305 e. The van der Waals surface area contributed by atoms with Gasteiger partial charge in [-0.15, -0.1) is 0 Å². The molecule has 0 bridgehead atoms. The number of esters is 1. The summed E-state index contributed by atoms with van der Waals surface area (Å²) in [5.41, 5.74) is 3.08. The normalized spacial score (nSPS) is 13.8. The third-order valence-corrected chi connectivity index (χ3v) is 2.92. The van der Waals surface area contributed by atoms with Crippen molar-refractivity contribution in [3.05, 3.63) is 29.3 Å². The average molecular weight is 233 g/mol. The number of methoxy groups -OCH3 is 1. The maximum Gasteiger partial charge on any atom is 0.305 e. The molecular weight excluding hydrogens is 218 g/mol. The van der Waals surface area contributed by atoms with E-state index in [0.29, 0.717) is 19.3 Å². The fraction of sp³-hybridized carbons (Fsp3) is 0.385. The van der Waals surface area contributed by atoms with Crippen LogP contribution >= 0.6 is 0 Å². The number of carbonyl (C=O) groups is 2. The summed E-state index contributed by atoms with van der Waals surface area (Å²) < 4.78 is 4.59. The van der Waals surface area contributed by atoms with Gasteiger partial charge in [0.25, 0.3) is 0 Å². The van der Waals surface area contributed by atoms with Gasteiger partial charge in [0.2, 0.25) is 5.91 Å². The molecule has 1 aliphatic heterocycles. The quantitative estimate of drug-likeness (QED) is 0.808. The van der Waals surface area contributed by atoms with Crippen molar-refractivity contribution in [2.75, 3.05) is 12.4 Å². The van der Waals surface area contributed by atoms with E-state index in [4.69, 9.17) is 0 Å². The van der Waals surface area contributed by atoms with E-state index < -0.39 is 0 Å². The minimum absolute atomic E-state index is 0.0580. The first kappa shape index (κ1) is 11.6. The molecule has 1 amide bonds. The minimum atomic E-state index is -0.216. The largest absolute Gasteiger partial charge is 0.469 e. The summed E-state index contributed by atoms with van der Waals surface area (Å²) >= 11 is 0. The van der Waals surface area contributed by atoms with Crippen LogP contribution in [0.3, 0.4) is 0 Å². The topological polar surface area (TPSA) is 55.4 Å². The monoisotopic (exact) mass is 233 g/mol. The number of ether oxygens (including phenoxy) is 1. The molecular formula is C13H15NO3. The maximum atomic E-state index is 11.3. The van der Waals surface area contributed by atoms with Crippen LogP contribution in [0.4, 0.5) is 5.69 Å². The lowest BCUT2D eigenvalue weighted by Gasteiger charge is -2.17. The Morgan fingerprint density at radius 1 is 1.41 bits per heavy atom. The molecule has 90 valence electrons. The zero-order chi connectivity index (χ0) is 12.3. The molecule has 0 saturated carbocycles. The third kappa shape index (κ3) is 2.84. The molecule has 1 aromatic carbocycles.